The number of hydrogen-bond donors (Lipinski definition) is 14. The predicted molar refractivity (Wildman–Crippen MR) is 372 cm³/mol. The molecule has 6 aliphatic heterocycles. The lowest BCUT2D eigenvalue weighted by Crippen LogP contribution is -2.55. The molecule has 6 aliphatic rings. The van der Waals surface area contributed by atoms with Gasteiger partial charge in [-0.15, -0.1) is 0 Å². The number of benzene rings is 9. The van der Waals surface area contributed by atoms with Gasteiger partial charge in [0.15, 0.2) is 34.2 Å². The zero-order valence-corrected chi connectivity index (χ0v) is 55.7. The number of methoxy groups -OCH3 is 1. The molecule has 9 atom stereocenters. The molecule has 28 nitrogen and oxygen atoms in total. The largest absolute Gasteiger partial charge is 0.508 e. The summed E-state index contributed by atoms with van der Waals surface area (Å²) in [4.78, 5) is 117. The van der Waals surface area contributed by atoms with Crippen molar-refractivity contribution in [2.24, 2.45) is 0 Å². The Hall–Kier alpha value is -13.4. The van der Waals surface area contributed by atoms with E-state index in [-0.39, 0.29) is 83.8 Å². The molecule has 2 aromatic heterocycles. The lowest BCUT2D eigenvalue weighted by atomic mass is 9.89. The molecule has 0 radical (unpaired) electrons. The van der Waals surface area contributed by atoms with Gasteiger partial charge in [0.05, 0.1) is 12.1 Å². The topological polar surface area (TPSA) is 421 Å². The minimum absolute atomic E-state index is 0.00498. The lowest BCUT2D eigenvalue weighted by Gasteiger charge is -2.32. The molecule has 0 aliphatic carbocycles. The molecule has 6 amide bonds. The molecule has 11 aromatic rings. The summed E-state index contributed by atoms with van der Waals surface area (Å²) in [7, 11) is 0.979. The number of nitrogens with zero attached hydrogens (tertiary/aromatic N) is 3. The van der Waals surface area contributed by atoms with E-state index >= 15 is 24.0 Å². The van der Waals surface area contributed by atoms with Crippen molar-refractivity contribution < 1.29 is 93.4 Å². The van der Waals surface area contributed by atoms with Gasteiger partial charge in [-0.2, -0.15) is 0 Å². The first-order valence-corrected chi connectivity index (χ1v) is 33.3. The molecule has 17 bridgehead atoms. The van der Waals surface area contributed by atoms with Crippen LogP contribution in [0.4, 0.5) is 0 Å². The van der Waals surface area contributed by atoms with Crippen molar-refractivity contribution in [3.63, 3.8) is 0 Å². The molecule has 14 N–H and O–H groups in total. The number of nitrogens with one attached hydrogen (secondary N) is 6. The van der Waals surface area contributed by atoms with Gasteiger partial charge in [0.1, 0.15) is 88.7 Å². The Bertz CT molecular complexity index is 5450. The smallest absolute Gasteiger partial charge is 0.333 e. The van der Waals surface area contributed by atoms with E-state index in [9.17, 15) is 50.4 Å². The van der Waals surface area contributed by atoms with Crippen molar-refractivity contribution >= 4 is 74.7 Å². The molecule has 9 aromatic carbocycles. The highest BCUT2D eigenvalue weighted by atomic mass is 32.2. The van der Waals surface area contributed by atoms with E-state index in [1.807, 2.05) is 36.4 Å². The number of amides is 6. The second kappa shape index (κ2) is 26.9. The zero-order chi connectivity index (χ0) is 73.4. The number of aliphatic hydroxyl groups is 2. The highest BCUT2D eigenvalue weighted by Gasteiger charge is 2.43. The third-order valence-electron chi connectivity index (χ3n) is 18.6. The molecule has 528 valence electrons. The number of carbonyl (C=O) groups is 7. The summed E-state index contributed by atoms with van der Waals surface area (Å²) in [5.41, 5.74) is -1.78. The molecule has 0 saturated heterocycles. The number of hydrogen-bond acceptors (Lipinski definition) is 22. The summed E-state index contributed by atoms with van der Waals surface area (Å²) in [5, 5.41) is 115. The van der Waals surface area contributed by atoms with E-state index < -0.39 is 142 Å². The van der Waals surface area contributed by atoms with Gasteiger partial charge < -0.3 is 96.3 Å². The molecule has 0 unspecified atom stereocenters. The van der Waals surface area contributed by atoms with Gasteiger partial charge >= 0.3 is 5.97 Å². The number of rotatable bonds is 4. The third kappa shape index (κ3) is 12.6. The summed E-state index contributed by atoms with van der Waals surface area (Å²) in [5.74, 6) is -13.7. The van der Waals surface area contributed by atoms with Gasteiger partial charge in [-0.25, -0.2) is 14.8 Å². The van der Waals surface area contributed by atoms with Gasteiger partial charge in [-0.05, 0) is 160 Å². The Kier molecular flexibility index (Phi) is 17.3. The number of aromatic hydroxyl groups is 6. The van der Waals surface area contributed by atoms with Crippen LogP contribution in [0, 0.1) is 6.92 Å². The van der Waals surface area contributed by atoms with Crippen LogP contribution in [0.5, 0.6) is 69.0 Å². The normalized spacial score (nSPS) is 20.8. The molecular formula is C76H59N9O19S. The quantitative estimate of drug-likeness (QED) is 0.0583. The van der Waals surface area contributed by atoms with Crippen molar-refractivity contribution in [3.8, 4) is 80.1 Å². The van der Waals surface area contributed by atoms with Gasteiger partial charge in [0.2, 0.25) is 41.2 Å². The maximum atomic E-state index is 16.1. The maximum Gasteiger partial charge on any atom is 0.333 e. The van der Waals surface area contributed by atoms with E-state index in [4.69, 9.17) is 18.9 Å². The molecule has 0 spiro atoms. The minimum Gasteiger partial charge on any atom is -0.508 e. The Morgan fingerprint density at radius 2 is 1.02 bits per heavy atom. The highest BCUT2D eigenvalue weighted by molar-refractivity contribution is 7.99. The second-order valence-corrected chi connectivity index (χ2v) is 26.2. The first-order valence-electron chi connectivity index (χ1n) is 32.4. The van der Waals surface area contributed by atoms with Crippen LogP contribution >= 0.6 is 11.8 Å². The maximum absolute atomic E-state index is 16.1. The first kappa shape index (κ1) is 67.4. The SMILES string of the molecule is COC(=O)[C@H]1NC(=O)[C@H]2NC(=O)[C@H](NC(=O)[C@@H]3NC(=O)[C@H]4NC(=O)[C@H](NC(=O)[C@H](n5cc6cc7ccccc7cc6c5Sc5ncccn5)c5ccc(O)c(c5)Oc5cc4cc(O)c5C)[C@H](O)c4ccc(cc4)Oc4cc3cc(c4O)Oc3ccc(cc3)[C@H]2O)c2ccc(O)c(c2)-c2c(O)cc(O)cc21. The fourth-order valence-corrected chi connectivity index (χ4v) is 14.2. The van der Waals surface area contributed by atoms with Crippen LogP contribution in [0.1, 0.15) is 86.9 Å². The Balaban J connectivity index is 0.916. The van der Waals surface area contributed by atoms with E-state index in [1.165, 1.54) is 85.8 Å². The molecule has 17 rings (SSSR count). The van der Waals surface area contributed by atoms with E-state index in [2.05, 4.69) is 41.9 Å². The van der Waals surface area contributed by atoms with Crippen molar-refractivity contribution in [2.75, 3.05) is 7.11 Å². The molecule has 0 saturated carbocycles. The predicted octanol–water partition coefficient (Wildman–Crippen LogP) is 8.20. The van der Waals surface area contributed by atoms with Gasteiger partial charge in [-0.1, -0.05) is 60.7 Å². The first-order chi connectivity index (χ1) is 50.5. The number of aliphatic hydroxyl groups excluding tert-OH is 2. The Morgan fingerprint density at radius 1 is 0.486 bits per heavy atom. The van der Waals surface area contributed by atoms with Crippen molar-refractivity contribution in [1.29, 1.82) is 0 Å². The van der Waals surface area contributed by atoms with E-state index in [0.29, 0.717) is 15.8 Å². The van der Waals surface area contributed by atoms with Crippen LogP contribution < -0.4 is 46.1 Å². The number of aromatic nitrogens is 3. The lowest BCUT2D eigenvalue weighted by molar-refractivity contribution is -0.146. The van der Waals surface area contributed by atoms with Crippen LogP contribution in [-0.4, -0.2) is 116 Å². The van der Waals surface area contributed by atoms with Gasteiger partial charge in [0, 0.05) is 57.7 Å². The van der Waals surface area contributed by atoms with Crippen molar-refractivity contribution in [2.45, 2.75) is 71.6 Å². The standard InChI is InChI=1S/C76H59N9O19S/c1-33-51(89)25-40-27-53(33)104-54-26-39(13-19-50(54)88)64(85-32-42-22-36-6-3-4-7-37(36)23-46(42)74(85)105-76-77-20-5-21-78-76)73(99)84-63-66(92)35-10-16-45(17-11-35)103-56-29-41-28-55(67(56)93)102-44-14-8-34(9-15-44)65(91)62-72(98)82-61(75(100)101-2)48-30-43(86)31-52(90)57(48)47-24-38(12-18-49(47)87)58(68(94)83-62)79-70(96)60(41)80-69(95)59(40)81-71(63)97/h3-32,58-66,86-93H,1-2H3,(H,79,96)(H,80,95)(H,81,97)(H,82,98)(H,83,94)(H,84,99)/t58-,59+,60-,61+,62+,63-,64-,65-,66-/m1/s1. The van der Waals surface area contributed by atoms with Crippen LogP contribution in [0.2, 0.25) is 0 Å². The number of phenols is 6. The van der Waals surface area contributed by atoms with E-state index in [1.54, 1.807) is 29.2 Å². The number of ether oxygens (including phenoxy) is 4. The van der Waals surface area contributed by atoms with Crippen molar-refractivity contribution in [3.05, 3.63) is 227 Å². The van der Waals surface area contributed by atoms with Gasteiger partial charge in [0.25, 0.3) is 0 Å². The molecule has 0 fully saturated rings. The van der Waals surface area contributed by atoms with Crippen LogP contribution in [0.25, 0.3) is 32.7 Å². The third-order valence-corrected chi connectivity index (χ3v) is 19.7. The number of esters is 1. The second-order valence-electron chi connectivity index (χ2n) is 25.2. The van der Waals surface area contributed by atoms with E-state index in [0.717, 1.165) is 72.1 Å². The summed E-state index contributed by atoms with van der Waals surface area (Å²) >= 11 is 1.12. The van der Waals surface area contributed by atoms with Gasteiger partial charge in [-0.3, -0.25) is 28.8 Å². The molecular weight excluding hydrogens is 1370 g/mol. The number of phenolic OH excluding ortho intramolecular Hbond substituents is 6. The monoisotopic (exact) mass is 1430 g/mol. The van der Waals surface area contributed by atoms with Crippen molar-refractivity contribution in [1.82, 2.24) is 46.4 Å². The average molecular weight is 1430 g/mol. The van der Waals surface area contributed by atoms with Crippen LogP contribution in [-0.2, 0) is 38.3 Å². The number of carbonyl (C=O) groups excluding carboxylic acids is 7. The summed E-state index contributed by atoms with van der Waals surface area (Å²) in [6, 6.07) is 23.6. The zero-order valence-electron chi connectivity index (χ0n) is 54.8. The number of fused-ring (bicyclic) bond motifs is 16. The Labute approximate surface area is 597 Å². The highest BCUT2D eigenvalue weighted by Crippen LogP contribution is 2.49. The summed E-state index contributed by atoms with van der Waals surface area (Å²) in [6.07, 6.45) is 0.777. The minimum atomic E-state index is -2.18. The summed E-state index contributed by atoms with van der Waals surface area (Å²) in [6.45, 7) is 1.45. The van der Waals surface area contributed by atoms with Crippen LogP contribution in [0.3, 0.4) is 0 Å². The Morgan fingerprint density at radius 3 is 1.66 bits per heavy atom. The molecule has 8 heterocycles. The summed E-state index contributed by atoms with van der Waals surface area (Å²) < 4.78 is 25.8. The molecule has 105 heavy (non-hydrogen) atoms. The van der Waals surface area contributed by atoms with Crippen LogP contribution in [0.15, 0.2) is 193 Å². The fourth-order valence-electron chi connectivity index (χ4n) is 13.3. The average Bonchev–Trinajstić information content (AvgIpc) is 1.75. The fraction of sp³-hybridized carbons (Fsp3) is 0.145. The molecule has 29 heteroatoms.